The Morgan fingerprint density at radius 1 is 1.25 bits per heavy atom. The molecule has 1 aromatic heterocycles. The Bertz CT molecular complexity index is 807. The number of halogens is 1. The van der Waals surface area contributed by atoms with E-state index in [9.17, 15) is 9.59 Å². The fraction of sp³-hybridized carbons (Fsp3) is 0.278. The van der Waals surface area contributed by atoms with Crippen molar-refractivity contribution in [3.63, 3.8) is 0 Å². The minimum absolute atomic E-state index is 0.0708. The Labute approximate surface area is 145 Å². The minimum atomic E-state index is -0.633. The van der Waals surface area contributed by atoms with Crippen molar-refractivity contribution >= 4 is 23.4 Å². The van der Waals surface area contributed by atoms with Gasteiger partial charge in [0.25, 0.3) is 5.91 Å². The monoisotopic (exact) mass is 343 g/mol. The first kappa shape index (κ1) is 16.5. The smallest absolute Gasteiger partial charge is 0.271 e. The summed E-state index contributed by atoms with van der Waals surface area (Å²) in [6.45, 7) is 2.19. The minimum Gasteiger partial charge on any atom is -0.366 e. The number of primary amides is 1. The van der Waals surface area contributed by atoms with Crippen LogP contribution >= 0.6 is 11.6 Å². The number of fused-ring (bicyclic) bond motifs is 1. The van der Waals surface area contributed by atoms with Gasteiger partial charge in [0.15, 0.2) is 0 Å². The Morgan fingerprint density at radius 2 is 1.96 bits per heavy atom. The summed E-state index contributed by atoms with van der Waals surface area (Å²) in [5.41, 5.74) is 7.85. The first-order chi connectivity index (χ1) is 11.5. The summed E-state index contributed by atoms with van der Waals surface area (Å²) in [5.74, 6) is -0.511. The molecule has 124 valence electrons. The van der Waals surface area contributed by atoms with Crippen LogP contribution in [0.3, 0.4) is 0 Å². The number of hydrogen-bond acceptors (Lipinski definition) is 3. The van der Waals surface area contributed by atoms with E-state index in [0.29, 0.717) is 5.92 Å². The van der Waals surface area contributed by atoms with Crippen molar-refractivity contribution in [1.29, 1.82) is 0 Å². The lowest BCUT2D eigenvalue weighted by molar-refractivity contribution is 0.0924. The predicted molar refractivity (Wildman–Crippen MR) is 92.1 cm³/mol. The predicted octanol–water partition coefficient (Wildman–Crippen LogP) is 3.20. The Hall–Kier alpha value is -2.40. The van der Waals surface area contributed by atoms with Crippen molar-refractivity contribution in [2.45, 2.75) is 31.7 Å². The fourth-order valence-electron chi connectivity index (χ4n) is 3.12. The highest BCUT2D eigenvalue weighted by Gasteiger charge is 2.26. The fourth-order valence-corrected chi connectivity index (χ4v) is 3.37. The van der Waals surface area contributed by atoms with Crippen molar-refractivity contribution in [3.05, 3.63) is 63.9 Å². The molecule has 0 saturated carbocycles. The van der Waals surface area contributed by atoms with Crippen molar-refractivity contribution in [2.24, 2.45) is 5.73 Å². The molecule has 5 nitrogen and oxygen atoms in total. The van der Waals surface area contributed by atoms with E-state index in [1.54, 1.807) is 0 Å². The van der Waals surface area contributed by atoms with Gasteiger partial charge in [-0.3, -0.25) is 9.59 Å². The van der Waals surface area contributed by atoms with E-state index >= 15 is 0 Å². The molecule has 0 spiro atoms. The van der Waals surface area contributed by atoms with Crippen molar-refractivity contribution in [2.75, 3.05) is 0 Å². The van der Waals surface area contributed by atoms with E-state index in [1.165, 1.54) is 17.8 Å². The zero-order valence-corrected chi connectivity index (χ0v) is 14.0. The van der Waals surface area contributed by atoms with Gasteiger partial charge in [0.2, 0.25) is 5.91 Å². The summed E-state index contributed by atoms with van der Waals surface area (Å²) in [6, 6.07) is 9.43. The van der Waals surface area contributed by atoms with Crippen molar-refractivity contribution in [3.8, 4) is 0 Å². The number of benzene rings is 1. The highest BCUT2D eigenvalue weighted by Crippen LogP contribution is 2.37. The van der Waals surface area contributed by atoms with Gasteiger partial charge in [0.05, 0.1) is 16.6 Å². The molecule has 1 heterocycles. The van der Waals surface area contributed by atoms with Gasteiger partial charge in [0, 0.05) is 6.20 Å². The van der Waals surface area contributed by atoms with Crippen LogP contribution in [0.25, 0.3) is 0 Å². The Balaban J connectivity index is 1.83. The zero-order valence-electron chi connectivity index (χ0n) is 13.3. The summed E-state index contributed by atoms with van der Waals surface area (Å²) >= 11 is 6.08. The number of nitrogens with one attached hydrogen (secondary N) is 1. The Morgan fingerprint density at radius 3 is 2.62 bits per heavy atom. The van der Waals surface area contributed by atoms with Crippen LogP contribution in [-0.4, -0.2) is 16.8 Å². The SMILES string of the molecule is C[C@@H]1CC[C@@H](NC(=O)c2ncc(C(N)=O)cc2Cl)c2ccccc21. The number of nitrogens with zero attached hydrogens (tertiary/aromatic N) is 1. The molecule has 24 heavy (non-hydrogen) atoms. The summed E-state index contributed by atoms with van der Waals surface area (Å²) in [5, 5.41) is 3.11. The third-order valence-electron chi connectivity index (χ3n) is 4.44. The van der Waals surface area contributed by atoms with Crippen LogP contribution in [0.4, 0.5) is 0 Å². The van der Waals surface area contributed by atoms with Crippen molar-refractivity contribution in [1.82, 2.24) is 10.3 Å². The van der Waals surface area contributed by atoms with Crippen LogP contribution in [0.15, 0.2) is 36.5 Å². The summed E-state index contributed by atoms with van der Waals surface area (Å²) in [4.78, 5) is 27.7. The molecule has 0 saturated heterocycles. The number of hydrogen-bond donors (Lipinski definition) is 2. The van der Waals surface area contributed by atoms with Gasteiger partial charge in [-0.25, -0.2) is 4.98 Å². The molecule has 2 aromatic rings. The number of nitrogens with two attached hydrogens (primary N) is 1. The van der Waals surface area contributed by atoms with Crippen LogP contribution in [0.5, 0.6) is 0 Å². The average Bonchev–Trinajstić information content (AvgIpc) is 2.57. The van der Waals surface area contributed by atoms with Gasteiger partial charge in [-0.05, 0) is 36.0 Å². The maximum absolute atomic E-state index is 12.5. The highest BCUT2D eigenvalue weighted by molar-refractivity contribution is 6.33. The highest BCUT2D eigenvalue weighted by atomic mass is 35.5. The summed E-state index contributed by atoms with van der Waals surface area (Å²) in [7, 11) is 0. The second-order valence-electron chi connectivity index (χ2n) is 6.05. The molecule has 0 unspecified atom stereocenters. The molecule has 1 aliphatic rings. The molecule has 2 atom stereocenters. The molecule has 0 fully saturated rings. The van der Waals surface area contributed by atoms with E-state index in [-0.39, 0.29) is 28.2 Å². The van der Waals surface area contributed by atoms with E-state index in [1.807, 2.05) is 18.2 Å². The Kier molecular flexibility index (Phi) is 4.53. The lowest BCUT2D eigenvalue weighted by Crippen LogP contribution is -2.32. The first-order valence-corrected chi connectivity index (χ1v) is 8.20. The number of rotatable bonds is 3. The lowest BCUT2D eigenvalue weighted by Gasteiger charge is -2.30. The maximum atomic E-state index is 12.5. The number of amides is 2. The lowest BCUT2D eigenvalue weighted by atomic mass is 9.81. The quantitative estimate of drug-likeness (QED) is 0.897. The maximum Gasteiger partial charge on any atom is 0.271 e. The van der Waals surface area contributed by atoms with E-state index < -0.39 is 5.91 Å². The molecular formula is C18H18ClN3O2. The zero-order chi connectivity index (χ0) is 17.3. The molecule has 1 aromatic carbocycles. The van der Waals surface area contributed by atoms with E-state index in [2.05, 4.69) is 23.3 Å². The average molecular weight is 344 g/mol. The second kappa shape index (κ2) is 6.61. The molecule has 0 bridgehead atoms. The first-order valence-electron chi connectivity index (χ1n) is 7.82. The van der Waals surface area contributed by atoms with E-state index in [4.69, 9.17) is 17.3 Å². The molecule has 3 rings (SSSR count). The van der Waals surface area contributed by atoms with Crippen LogP contribution in [0.2, 0.25) is 5.02 Å². The molecule has 3 N–H and O–H groups in total. The van der Waals surface area contributed by atoms with Gasteiger partial charge in [0.1, 0.15) is 5.69 Å². The van der Waals surface area contributed by atoms with Gasteiger partial charge >= 0.3 is 0 Å². The molecule has 6 heteroatoms. The van der Waals surface area contributed by atoms with Crippen LogP contribution < -0.4 is 11.1 Å². The molecule has 1 aliphatic carbocycles. The van der Waals surface area contributed by atoms with Gasteiger partial charge < -0.3 is 11.1 Å². The molecule has 0 aliphatic heterocycles. The number of carbonyl (C=O) groups is 2. The summed E-state index contributed by atoms with van der Waals surface area (Å²) in [6.07, 6.45) is 3.13. The molecule has 0 radical (unpaired) electrons. The van der Waals surface area contributed by atoms with Crippen LogP contribution in [0, 0.1) is 0 Å². The number of aromatic nitrogens is 1. The molecular weight excluding hydrogens is 326 g/mol. The van der Waals surface area contributed by atoms with Crippen LogP contribution in [-0.2, 0) is 0 Å². The number of pyridine rings is 1. The summed E-state index contributed by atoms with van der Waals surface area (Å²) < 4.78 is 0. The van der Waals surface area contributed by atoms with E-state index in [0.717, 1.165) is 18.4 Å². The normalized spacial score (nSPS) is 19.4. The largest absolute Gasteiger partial charge is 0.366 e. The standard InChI is InChI=1S/C18H18ClN3O2/c1-10-6-7-15(13-5-3-2-4-12(10)13)22-18(24)16-14(19)8-11(9-21-16)17(20)23/h2-5,8-10,15H,6-7H2,1H3,(H2,20,23)(H,22,24)/t10-,15-/m1/s1. The van der Waals surface area contributed by atoms with Gasteiger partial charge in [-0.15, -0.1) is 0 Å². The van der Waals surface area contributed by atoms with Crippen molar-refractivity contribution < 1.29 is 9.59 Å². The van der Waals surface area contributed by atoms with Crippen LogP contribution in [0.1, 0.15) is 63.7 Å². The second-order valence-corrected chi connectivity index (χ2v) is 6.46. The van der Waals surface area contributed by atoms with Gasteiger partial charge in [-0.2, -0.15) is 0 Å². The number of carbonyl (C=O) groups excluding carboxylic acids is 2. The topological polar surface area (TPSA) is 85.1 Å². The molecule has 2 amide bonds. The third-order valence-corrected chi connectivity index (χ3v) is 4.72. The third kappa shape index (κ3) is 3.12. The van der Waals surface area contributed by atoms with Gasteiger partial charge in [-0.1, -0.05) is 42.8 Å².